The third kappa shape index (κ3) is 8.31. The normalized spacial score (nSPS) is 12.0. The van der Waals surface area contributed by atoms with Gasteiger partial charge < -0.3 is 15.0 Å². The molecule has 0 aliphatic carbocycles. The molecule has 0 bridgehead atoms. The molecule has 1 unspecified atom stereocenters. The smallest absolute Gasteiger partial charge is 0.264 e. The molecular formula is C30H34Cl3N3O5S. The van der Waals surface area contributed by atoms with Crippen LogP contribution >= 0.6 is 34.8 Å². The maximum Gasteiger partial charge on any atom is 0.264 e. The zero-order chi connectivity index (χ0) is 31.0. The highest BCUT2D eigenvalue weighted by atomic mass is 35.5. The van der Waals surface area contributed by atoms with Crippen LogP contribution in [0, 0.1) is 6.92 Å². The van der Waals surface area contributed by atoms with Crippen molar-refractivity contribution in [1.29, 1.82) is 0 Å². The van der Waals surface area contributed by atoms with E-state index in [2.05, 4.69) is 5.32 Å². The standard InChI is InChI=1S/C30H34Cl3N3O5S/c1-5-6-15-34-30(38)21(3)35(18-22-9-13-25(32)26(33)16-22)29(37)19-36(27-17-23(31)10-14-28(27)41-4)42(39,40)24-11-7-20(2)8-12-24/h7-14,16-17,21H,5-6,15,18-19H2,1-4H3,(H,34,38). The molecule has 3 rings (SSSR count). The van der Waals surface area contributed by atoms with Crippen LogP contribution < -0.4 is 14.4 Å². The molecule has 12 heteroatoms. The van der Waals surface area contributed by atoms with Crippen molar-refractivity contribution in [2.75, 3.05) is 24.5 Å². The third-order valence-electron chi connectivity index (χ3n) is 6.63. The Morgan fingerprint density at radius 2 is 1.67 bits per heavy atom. The van der Waals surface area contributed by atoms with Crippen molar-refractivity contribution in [1.82, 2.24) is 10.2 Å². The van der Waals surface area contributed by atoms with Gasteiger partial charge in [-0.3, -0.25) is 13.9 Å². The summed E-state index contributed by atoms with van der Waals surface area (Å²) >= 11 is 18.6. The number of amides is 2. The Labute approximate surface area is 262 Å². The first-order valence-electron chi connectivity index (χ1n) is 13.3. The Hall–Kier alpha value is -2.98. The molecular weight excluding hydrogens is 621 g/mol. The fourth-order valence-corrected chi connectivity index (χ4v) is 6.07. The fourth-order valence-electron chi connectivity index (χ4n) is 4.16. The summed E-state index contributed by atoms with van der Waals surface area (Å²) in [5, 5.41) is 3.72. The van der Waals surface area contributed by atoms with Crippen LogP contribution in [0.5, 0.6) is 5.75 Å². The summed E-state index contributed by atoms with van der Waals surface area (Å²) in [5.74, 6) is -0.800. The highest BCUT2D eigenvalue weighted by Crippen LogP contribution is 2.35. The van der Waals surface area contributed by atoms with Gasteiger partial charge in [0.1, 0.15) is 18.3 Å². The Balaban J connectivity index is 2.08. The molecule has 0 saturated heterocycles. The first kappa shape index (κ1) is 33.5. The van der Waals surface area contributed by atoms with Crippen molar-refractivity contribution in [2.24, 2.45) is 0 Å². The van der Waals surface area contributed by atoms with E-state index in [0.717, 1.165) is 22.7 Å². The molecule has 8 nitrogen and oxygen atoms in total. The number of benzene rings is 3. The van der Waals surface area contributed by atoms with E-state index < -0.39 is 28.5 Å². The lowest BCUT2D eigenvalue weighted by Crippen LogP contribution is -2.51. The predicted molar refractivity (Wildman–Crippen MR) is 168 cm³/mol. The number of unbranched alkanes of at least 4 members (excludes halogenated alkanes) is 1. The summed E-state index contributed by atoms with van der Waals surface area (Å²) < 4.78 is 34.5. The highest BCUT2D eigenvalue weighted by molar-refractivity contribution is 7.92. The minimum atomic E-state index is -4.29. The van der Waals surface area contributed by atoms with E-state index in [1.807, 2.05) is 13.8 Å². The lowest BCUT2D eigenvalue weighted by atomic mass is 10.1. The van der Waals surface area contributed by atoms with Gasteiger partial charge >= 0.3 is 0 Å². The SMILES string of the molecule is CCCCNC(=O)C(C)N(Cc1ccc(Cl)c(Cl)c1)C(=O)CN(c1cc(Cl)ccc1OC)S(=O)(=O)c1ccc(C)cc1. The Morgan fingerprint density at radius 3 is 2.29 bits per heavy atom. The van der Waals surface area contributed by atoms with E-state index in [9.17, 15) is 18.0 Å². The first-order chi connectivity index (χ1) is 19.9. The zero-order valence-electron chi connectivity index (χ0n) is 23.9. The maximum atomic E-state index is 14.1. The molecule has 0 aliphatic rings. The molecule has 0 heterocycles. The molecule has 2 amide bonds. The highest BCUT2D eigenvalue weighted by Gasteiger charge is 2.34. The van der Waals surface area contributed by atoms with Crippen LogP contribution in [0.3, 0.4) is 0 Å². The molecule has 42 heavy (non-hydrogen) atoms. The van der Waals surface area contributed by atoms with Gasteiger partial charge in [-0.05, 0) is 68.3 Å². The van der Waals surface area contributed by atoms with Gasteiger partial charge in [-0.25, -0.2) is 8.42 Å². The second-order valence-electron chi connectivity index (χ2n) is 9.73. The van der Waals surface area contributed by atoms with Crippen molar-refractivity contribution < 1.29 is 22.7 Å². The number of nitrogens with zero attached hydrogens (tertiary/aromatic N) is 2. The van der Waals surface area contributed by atoms with Crippen molar-refractivity contribution >= 4 is 62.3 Å². The van der Waals surface area contributed by atoms with Crippen LogP contribution in [-0.2, 0) is 26.2 Å². The van der Waals surface area contributed by atoms with E-state index in [1.165, 1.54) is 36.3 Å². The lowest BCUT2D eigenvalue weighted by Gasteiger charge is -2.32. The van der Waals surface area contributed by atoms with Crippen molar-refractivity contribution in [3.05, 3.63) is 86.9 Å². The van der Waals surface area contributed by atoms with E-state index in [1.54, 1.807) is 43.3 Å². The molecule has 0 radical (unpaired) electrons. The number of ether oxygens (including phenoxy) is 1. The molecule has 3 aromatic rings. The van der Waals surface area contributed by atoms with Gasteiger partial charge in [0, 0.05) is 18.1 Å². The molecule has 0 fully saturated rings. The first-order valence-corrected chi connectivity index (χ1v) is 15.9. The van der Waals surface area contributed by atoms with Crippen LogP contribution in [0.15, 0.2) is 65.6 Å². The number of carbonyl (C=O) groups is 2. The number of sulfonamides is 1. The number of methoxy groups -OCH3 is 1. The van der Waals surface area contributed by atoms with Crippen molar-refractivity contribution in [2.45, 2.75) is 51.1 Å². The number of aryl methyl sites for hydroxylation is 1. The minimum Gasteiger partial charge on any atom is -0.495 e. The molecule has 1 atom stereocenters. The average Bonchev–Trinajstić information content (AvgIpc) is 2.96. The van der Waals surface area contributed by atoms with Crippen molar-refractivity contribution in [3.8, 4) is 5.75 Å². The van der Waals surface area contributed by atoms with Gasteiger partial charge in [-0.1, -0.05) is 71.9 Å². The van der Waals surface area contributed by atoms with Gasteiger partial charge in [0.05, 0.1) is 27.7 Å². The summed E-state index contributed by atoms with van der Waals surface area (Å²) in [6, 6.07) is 14.7. The summed E-state index contributed by atoms with van der Waals surface area (Å²) in [4.78, 5) is 28.5. The molecule has 0 spiro atoms. The number of carbonyl (C=O) groups excluding carboxylic acids is 2. The molecule has 3 aromatic carbocycles. The summed E-state index contributed by atoms with van der Waals surface area (Å²) in [7, 11) is -2.90. The third-order valence-corrected chi connectivity index (χ3v) is 9.38. The van der Waals surface area contributed by atoms with Gasteiger partial charge in [0.2, 0.25) is 11.8 Å². The van der Waals surface area contributed by atoms with Crippen LogP contribution in [0.25, 0.3) is 0 Å². The largest absolute Gasteiger partial charge is 0.495 e. The summed E-state index contributed by atoms with van der Waals surface area (Å²) in [5.41, 5.74) is 1.56. The number of hydrogen-bond acceptors (Lipinski definition) is 5. The zero-order valence-corrected chi connectivity index (χ0v) is 26.9. The number of rotatable bonds is 13. The Bertz CT molecular complexity index is 1520. The van der Waals surface area contributed by atoms with Gasteiger partial charge in [0.15, 0.2) is 0 Å². The van der Waals surface area contributed by atoms with E-state index in [0.29, 0.717) is 17.1 Å². The van der Waals surface area contributed by atoms with Gasteiger partial charge in [-0.2, -0.15) is 0 Å². The van der Waals surface area contributed by atoms with Crippen LogP contribution in [0.2, 0.25) is 15.1 Å². The molecule has 0 aliphatic heterocycles. The Morgan fingerprint density at radius 1 is 0.976 bits per heavy atom. The summed E-state index contributed by atoms with van der Waals surface area (Å²) in [6.45, 7) is 5.22. The molecule has 1 N–H and O–H groups in total. The number of nitrogens with one attached hydrogen (secondary N) is 1. The van der Waals surface area contributed by atoms with Gasteiger partial charge in [0.25, 0.3) is 10.0 Å². The van der Waals surface area contributed by atoms with Crippen LogP contribution in [0.4, 0.5) is 5.69 Å². The number of anilines is 1. The van der Waals surface area contributed by atoms with E-state index in [-0.39, 0.29) is 38.8 Å². The van der Waals surface area contributed by atoms with E-state index >= 15 is 0 Å². The average molecular weight is 655 g/mol. The Kier molecular flexibility index (Phi) is 11.9. The molecule has 0 saturated carbocycles. The second kappa shape index (κ2) is 15.0. The topological polar surface area (TPSA) is 96.0 Å². The minimum absolute atomic E-state index is 0.0238. The molecule has 226 valence electrons. The molecule has 0 aromatic heterocycles. The second-order valence-corrected chi connectivity index (χ2v) is 12.8. The lowest BCUT2D eigenvalue weighted by molar-refractivity contribution is -0.139. The fraction of sp³-hybridized carbons (Fsp3) is 0.333. The summed E-state index contributed by atoms with van der Waals surface area (Å²) in [6.07, 6.45) is 1.66. The van der Waals surface area contributed by atoms with Crippen molar-refractivity contribution in [3.63, 3.8) is 0 Å². The number of halogens is 3. The quantitative estimate of drug-likeness (QED) is 0.213. The predicted octanol–water partition coefficient (Wildman–Crippen LogP) is 6.49. The van der Waals surface area contributed by atoms with Crippen LogP contribution in [-0.4, -0.2) is 51.4 Å². The number of hydrogen-bond donors (Lipinski definition) is 1. The monoisotopic (exact) mass is 653 g/mol. The van der Waals surface area contributed by atoms with Gasteiger partial charge in [-0.15, -0.1) is 0 Å². The maximum absolute atomic E-state index is 14.1. The van der Waals surface area contributed by atoms with Crippen LogP contribution in [0.1, 0.15) is 37.8 Å². The van der Waals surface area contributed by atoms with E-state index in [4.69, 9.17) is 39.5 Å².